The predicted molar refractivity (Wildman–Crippen MR) is 111 cm³/mol. The topological polar surface area (TPSA) is 91.1 Å². The van der Waals surface area contributed by atoms with Gasteiger partial charge in [0.25, 0.3) is 5.91 Å². The number of unbranched alkanes of at least 4 members (excludes halogenated alkanes) is 1. The smallest absolute Gasteiger partial charge is 0.251 e. The predicted octanol–water partition coefficient (Wildman–Crippen LogP) is 3.17. The Morgan fingerprint density at radius 3 is 2.66 bits per heavy atom. The molecule has 29 heavy (non-hydrogen) atoms. The second-order valence-corrected chi connectivity index (χ2v) is 7.21. The van der Waals surface area contributed by atoms with Gasteiger partial charge in [-0.1, -0.05) is 13.3 Å². The van der Waals surface area contributed by atoms with Crippen LogP contribution in [0.5, 0.6) is 5.75 Å². The van der Waals surface area contributed by atoms with Crippen LogP contribution in [-0.2, 0) is 0 Å². The molecule has 0 unspecified atom stereocenters. The fraction of sp³-hybridized carbons (Fsp3) is 0.455. The summed E-state index contributed by atoms with van der Waals surface area (Å²) in [5, 5.41) is 12.2. The largest absolute Gasteiger partial charge is 0.494 e. The summed E-state index contributed by atoms with van der Waals surface area (Å²) in [7, 11) is 0. The molecule has 1 aliphatic heterocycles. The first-order chi connectivity index (χ1) is 14.2. The van der Waals surface area contributed by atoms with E-state index in [-0.39, 0.29) is 5.91 Å². The molecule has 152 valence electrons. The van der Waals surface area contributed by atoms with Gasteiger partial charge in [0.05, 0.1) is 6.61 Å². The molecular weight excluding hydrogens is 366 g/mol. The van der Waals surface area contributed by atoms with Gasteiger partial charge in [-0.05, 0) is 49.4 Å². The van der Waals surface area contributed by atoms with Gasteiger partial charge >= 0.3 is 0 Å². The Hall–Kier alpha value is -3.14. The van der Waals surface area contributed by atoms with Gasteiger partial charge in [0, 0.05) is 37.6 Å². The minimum absolute atomic E-state index is 0.0618. The van der Waals surface area contributed by atoms with E-state index < -0.39 is 0 Å². The van der Waals surface area contributed by atoms with Gasteiger partial charge in [0.1, 0.15) is 11.8 Å². The van der Waals surface area contributed by atoms with Crippen LogP contribution in [-0.4, -0.2) is 42.1 Å². The third-order valence-corrected chi connectivity index (χ3v) is 5.13. The summed E-state index contributed by atoms with van der Waals surface area (Å²) in [4.78, 5) is 22.9. The van der Waals surface area contributed by atoms with Crippen molar-refractivity contribution < 1.29 is 9.53 Å². The third-order valence-electron chi connectivity index (χ3n) is 5.13. The molecule has 0 atom stereocenters. The number of ether oxygens (including phenoxy) is 1. The highest BCUT2D eigenvalue weighted by Crippen LogP contribution is 2.23. The van der Waals surface area contributed by atoms with Gasteiger partial charge < -0.3 is 15.0 Å². The lowest BCUT2D eigenvalue weighted by Gasteiger charge is -2.32. The fourth-order valence-corrected chi connectivity index (χ4v) is 3.37. The van der Waals surface area contributed by atoms with Gasteiger partial charge in [-0.2, -0.15) is 5.26 Å². The number of nitrogens with zero attached hydrogens (tertiary/aromatic N) is 4. The highest BCUT2D eigenvalue weighted by atomic mass is 16.5. The number of hydrogen-bond acceptors (Lipinski definition) is 6. The lowest BCUT2D eigenvalue weighted by Crippen LogP contribution is -2.39. The number of piperidine rings is 1. The number of rotatable bonds is 8. The quantitative estimate of drug-likeness (QED) is 0.693. The first-order valence-electron chi connectivity index (χ1n) is 10.2. The first kappa shape index (κ1) is 20.6. The van der Waals surface area contributed by atoms with Crippen LogP contribution in [0.4, 0.5) is 5.82 Å². The number of nitrogens with one attached hydrogen (secondary N) is 1. The van der Waals surface area contributed by atoms with Crippen molar-refractivity contribution in [1.29, 1.82) is 5.26 Å². The maximum Gasteiger partial charge on any atom is 0.251 e. The molecule has 0 saturated carbocycles. The summed E-state index contributed by atoms with van der Waals surface area (Å²) in [6, 6.07) is 9.39. The van der Waals surface area contributed by atoms with Crippen molar-refractivity contribution in [3.63, 3.8) is 0 Å². The average molecular weight is 393 g/mol. The third kappa shape index (κ3) is 5.67. The number of aromatic nitrogens is 2. The Labute approximate surface area is 171 Å². The Kier molecular flexibility index (Phi) is 7.40. The number of hydrogen-bond donors (Lipinski definition) is 1. The molecule has 2 aromatic rings. The zero-order valence-electron chi connectivity index (χ0n) is 16.8. The Morgan fingerprint density at radius 2 is 1.97 bits per heavy atom. The summed E-state index contributed by atoms with van der Waals surface area (Å²) in [6.45, 7) is 5.08. The van der Waals surface area contributed by atoms with Gasteiger partial charge in [0.15, 0.2) is 11.5 Å². The van der Waals surface area contributed by atoms with Crippen molar-refractivity contribution in [2.45, 2.75) is 32.6 Å². The monoisotopic (exact) mass is 393 g/mol. The van der Waals surface area contributed by atoms with E-state index in [1.54, 1.807) is 18.3 Å². The molecule has 1 fully saturated rings. The molecule has 1 N–H and O–H groups in total. The van der Waals surface area contributed by atoms with Crippen molar-refractivity contribution >= 4 is 11.7 Å². The van der Waals surface area contributed by atoms with Crippen LogP contribution in [0.15, 0.2) is 36.7 Å². The molecule has 7 heteroatoms. The molecule has 0 aliphatic carbocycles. The van der Waals surface area contributed by atoms with E-state index in [0.717, 1.165) is 44.5 Å². The zero-order chi connectivity index (χ0) is 20.5. The van der Waals surface area contributed by atoms with E-state index >= 15 is 0 Å². The van der Waals surface area contributed by atoms with Crippen LogP contribution in [0, 0.1) is 17.2 Å². The lowest BCUT2D eigenvalue weighted by molar-refractivity contribution is 0.0945. The Bertz CT molecular complexity index is 839. The molecule has 2 heterocycles. The normalized spacial score (nSPS) is 14.3. The second-order valence-electron chi connectivity index (χ2n) is 7.21. The van der Waals surface area contributed by atoms with Gasteiger partial charge in [-0.3, -0.25) is 4.79 Å². The van der Waals surface area contributed by atoms with E-state index in [4.69, 9.17) is 4.74 Å². The molecule has 7 nitrogen and oxygen atoms in total. The van der Waals surface area contributed by atoms with E-state index in [1.165, 1.54) is 6.20 Å². The molecule has 1 aliphatic rings. The van der Waals surface area contributed by atoms with Crippen molar-refractivity contribution in [3.05, 3.63) is 47.9 Å². The van der Waals surface area contributed by atoms with E-state index in [9.17, 15) is 10.1 Å². The number of anilines is 1. The first-order valence-corrected chi connectivity index (χ1v) is 10.2. The number of benzene rings is 1. The molecule has 1 amide bonds. The summed E-state index contributed by atoms with van der Waals surface area (Å²) in [5.74, 6) is 1.80. The summed E-state index contributed by atoms with van der Waals surface area (Å²) >= 11 is 0. The van der Waals surface area contributed by atoms with E-state index in [1.807, 2.05) is 12.1 Å². The summed E-state index contributed by atoms with van der Waals surface area (Å²) < 4.78 is 5.63. The fourth-order valence-electron chi connectivity index (χ4n) is 3.37. The highest BCUT2D eigenvalue weighted by Gasteiger charge is 2.23. The molecule has 3 rings (SSSR count). The second kappa shape index (κ2) is 10.4. The van der Waals surface area contributed by atoms with Gasteiger partial charge in [-0.15, -0.1) is 0 Å². The molecular formula is C22H27N5O2. The van der Waals surface area contributed by atoms with Crippen molar-refractivity contribution in [2.24, 2.45) is 5.92 Å². The molecule has 1 saturated heterocycles. The molecule has 0 bridgehead atoms. The minimum Gasteiger partial charge on any atom is -0.494 e. The zero-order valence-corrected chi connectivity index (χ0v) is 16.8. The van der Waals surface area contributed by atoms with E-state index in [0.29, 0.717) is 36.1 Å². The number of carbonyl (C=O) groups excluding carboxylic acids is 1. The summed E-state index contributed by atoms with van der Waals surface area (Å²) in [5.41, 5.74) is 1.00. The van der Waals surface area contributed by atoms with E-state index in [2.05, 4.69) is 33.2 Å². The number of carbonyl (C=O) groups is 1. The minimum atomic E-state index is -0.0618. The van der Waals surface area contributed by atoms with Crippen molar-refractivity contribution in [3.8, 4) is 11.8 Å². The van der Waals surface area contributed by atoms with Gasteiger partial charge in [-0.25, -0.2) is 9.97 Å². The van der Waals surface area contributed by atoms with Crippen LogP contribution < -0.4 is 15.0 Å². The van der Waals surface area contributed by atoms with Crippen LogP contribution in [0.2, 0.25) is 0 Å². The summed E-state index contributed by atoms with van der Waals surface area (Å²) in [6.07, 6.45) is 7.14. The van der Waals surface area contributed by atoms with Crippen LogP contribution >= 0.6 is 0 Å². The maximum absolute atomic E-state index is 12.4. The van der Waals surface area contributed by atoms with Crippen molar-refractivity contribution in [1.82, 2.24) is 15.3 Å². The average Bonchev–Trinajstić information content (AvgIpc) is 2.78. The number of amides is 1. The van der Waals surface area contributed by atoms with Crippen LogP contribution in [0.25, 0.3) is 0 Å². The van der Waals surface area contributed by atoms with Crippen LogP contribution in [0.1, 0.15) is 48.7 Å². The molecule has 0 radical (unpaired) electrons. The highest BCUT2D eigenvalue weighted by molar-refractivity contribution is 5.94. The Morgan fingerprint density at radius 1 is 1.24 bits per heavy atom. The SMILES string of the molecule is CCCCOc1ccc(C(=O)NCC2CCN(c3nccnc3C#N)CC2)cc1. The standard InChI is InChI=1S/C22H27N5O2/c1-2-3-14-29-19-6-4-18(5-7-19)22(28)26-16-17-8-12-27(13-9-17)21-20(15-23)24-10-11-25-21/h4-7,10-11,17H,2-3,8-9,12-14,16H2,1H3,(H,26,28). The van der Waals surface area contributed by atoms with Gasteiger partial charge in [0.2, 0.25) is 0 Å². The molecule has 0 spiro atoms. The Balaban J connectivity index is 1.44. The molecule has 1 aromatic heterocycles. The van der Waals surface area contributed by atoms with Crippen molar-refractivity contribution in [2.75, 3.05) is 31.1 Å². The molecule has 1 aromatic carbocycles. The van der Waals surface area contributed by atoms with Crippen LogP contribution in [0.3, 0.4) is 0 Å². The lowest BCUT2D eigenvalue weighted by atomic mass is 9.96. The maximum atomic E-state index is 12.4. The number of nitriles is 1.